The van der Waals surface area contributed by atoms with Crippen molar-refractivity contribution in [2.75, 3.05) is 5.73 Å². The summed E-state index contributed by atoms with van der Waals surface area (Å²) >= 11 is 5.57. The van der Waals surface area contributed by atoms with Crippen molar-refractivity contribution in [3.8, 4) is 5.75 Å². The second-order valence-corrected chi connectivity index (χ2v) is 4.12. The quantitative estimate of drug-likeness (QED) is 0.929. The highest BCUT2D eigenvalue weighted by molar-refractivity contribution is 6.30. The lowest BCUT2D eigenvalue weighted by atomic mass is 10.3. The van der Waals surface area contributed by atoms with Crippen LogP contribution in [0.15, 0.2) is 24.3 Å². The van der Waals surface area contributed by atoms with Crippen molar-refractivity contribution >= 4 is 17.4 Å². The second-order valence-electron chi connectivity index (χ2n) is 3.72. The molecular formula is C12H11ClFN3O. The average Bonchev–Trinajstić information content (AvgIpc) is 2.29. The van der Waals surface area contributed by atoms with Crippen LogP contribution >= 0.6 is 11.6 Å². The largest absolute Gasteiger partial charge is 0.486 e. The lowest BCUT2D eigenvalue weighted by Crippen LogP contribution is -2.05. The summed E-state index contributed by atoms with van der Waals surface area (Å²) in [5.41, 5.74) is 6.34. The van der Waals surface area contributed by atoms with Crippen molar-refractivity contribution in [1.82, 2.24) is 9.97 Å². The van der Waals surface area contributed by atoms with E-state index in [1.54, 1.807) is 12.1 Å². The summed E-state index contributed by atoms with van der Waals surface area (Å²) in [5.74, 6) is 0.658. The van der Waals surface area contributed by atoms with Crippen molar-refractivity contribution in [3.05, 3.63) is 46.6 Å². The van der Waals surface area contributed by atoms with Crippen LogP contribution in [0.3, 0.4) is 0 Å². The van der Waals surface area contributed by atoms with E-state index in [0.717, 1.165) is 5.69 Å². The number of aryl methyl sites for hydroxylation is 1. The van der Waals surface area contributed by atoms with Crippen LogP contribution in [-0.4, -0.2) is 9.97 Å². The summed E-state index contributed by atoms with van der Waals surface area (Å²) in [4.78, 5) is 8.16. The first-order valence-electron chi connectivity index (χ1n) is 5.22. The molecule has 0 aliphatic heterocycles. The van der Waals surface area contributed by atoms with Gasteiger partial charge in [-0.1, -0.05) is 11.6 Å². The van der Waals surface area contributed by atoms with Gasteiger partial charge in [-0.05, 0) is 19.1 Å². The minimum absolute atomic E-state index is 0.0541. The summed E-state index contributed by atoms with van der Waals surface area (Å²) in [7, 11) is 0. The Bertz CT molecular complexity index is 557. The molecule has 0 saturated carbocycles. The number of hydrogen-bond donors (Lipinski definition) is 1. The number of ether oxygens (including phenoxy) is 1. The van der Waals surface area contributed by atoms with E-state index < -0.39 is 5.82 Å². The Morgan fingerprint density at radius 2 is 2.11 bits per heavy atom. The van der Waals surface area contributed by atoms with E-state index in [1.807, 2.05) is 6.92 Å². The number of anilines is 1. The number of benzene rings is 1. The topological polar surface area (TPSA) is 61.0 Å². The van der Waals surface area contributed by atoms with Crippen LogP contribution in [0.4, 0.5) is 10.2 Å². The van der Waals surface area contributed by atoms with E-state index in [1.165, 1.54) is 12.1 Å². The maximum atomic E-state index is 13.2. The van der Waals surface area contributed by atoms with Crippen LogP contribution in [0.1, 0.15) is 11.5 Å². The summed E-state index contributed by atoms with van der Waals surface area (Å²) in [6.07, 6.45) is 0. The minimum Gasteiger partial charge on any atom is -0.486 e. The lowest BCUT2D eigenvalue weighted by Gasteiger charge is -2.07. The van der Waals surface area contributed by atoms with Gasteiger partial charge < -0.3 is 10.5 Å². The van der Waals surface area contributed by atoms with Crippen LogP contribution in [0, 0.1) is 12.7 Å². The Morgan fingerprint density at radius 3 is 2.78 bits per heavy atom. The van der Waals surface area contributed by atoms with Gasteiger partial charge in [-0.3, -0.25) is 0 Å². The highest BCUT2D eigenvalue weighted by Gasteiger charge is 2.04. The Morgan fingerprint density at radius 1 is 1.33 bits per heavy atom. The Hall–Kier alpha value is -1.88. The zero-order valence-corrected chi connectivity index (χ0v) is 10.4. The van der Waals surface area contributed by atoms with Gasteiger partial charge in [0.05, 0.1) is 5.02 Å². The van der Waals surface area contributed by atoms with Gasteiger partial charge in [0.1, 0.15) is 24.0 Å². The van der Waals surface area contributed by atoms with Crippen molar-refractivity contribution in [1.29, 1.82) is 0 Å². The van der Waals surface area contributed by atoms with E-state index in [2.05, 4.69) is 9.97 Å². The third kappa shape index (κ3) is 3.07. The van der Waals surface area contributed by atoms with Gasteiger partial charge in [0, 0.05) is 17.8 Å². The van der Waals surface area contributed by atoms with Crippen molar-refractivity contribution in [3.63, 3.8) is 0 Å². The smallest absolute Gasteiger partial charge is 0.168 e. The predicted octanol–water partition coefficient (Wildman–Crippen LogP) is 2.74. The molecule has 0 bridgehead atoms. The molecule has 0 fully saturated rings. The molecule has 0 radical (unpaired) electrons. The molecular weight excluding hydrogens is 257 g/mol. The SMILES string of the molecule is Cc1cc(N)nc(COc2ccc(Cl)c(F)c2)n1. The van der Waals surface area contributed by atoms with Crippen molar-refractivity contribution < 1.29 is 9.13 Å². The summed E-state index contributed by atoms with van der Waals surface area (Å²) in [5, 5.41) is 0.0541. The van der Waals surface area contributed by atoms with Gasteiger partial charge in [0.15, 0.2) is 5.82 Å². The molecule has 2 rings (SSSR count). The maximum absolute atomic E-state index is 13.2. The zero-order valence-electron chi connectivity index (χ0n) is 9.65. The molecule has 0 unspecified atom stereocenters. The molecule has 6 heteroatoms. The predicted molar refractivity (Wildman–Crippen MR) is 66.9 cm³/mol. The molecule has 0 spiro atoms. The fourth-order valence-electron chi connectivity index (χ4n) is 1.44. The normalized spacial score (nSPS) is 10.4. The number of hydrogen-bond acceptors (Lipinski definition) is 4. The molecule has 94 valence electrons. The zero-order chi connectivity index (χ0) is 13.1. The van der Waals surface area contributed by atoms with Crippen molar-refractivity contribution in [2.45, 2.75) is 13.5 Å². The Labute approximate surface area is 109 Å². The first-order chi connectivity index (χ1) is 8.54. The Balaban J connectivity index is 2.08. The maximum Gasteiger partial charge on any atom is 0.168 e. The summed E-state index contributed by atoms with van der Waals surface area (Å²) < 4.78 is 18.5. The second kappa shape index (κ2) is 5.18. The summed E-state index contributed by atoms with van der Waals surface area (Å²) in [6, 6.07) is 5.87. The molecule has 2 aromatic rings. The molecule has 0 amide bonds. The van der Waals surface area contributed by atoms with E-state index in [0.29, 0.717) is 17.4 Å². The number of nitrogen functional groups attached to an aromatic ring is 1. The molecule has 18 heavy (non-hydrogen) atoms. The third-order valence-electron chi connectivity index (χ3n) is 2.18. The molecule has 1 aromatic carbocycles. The number of nitrogens with two attached hydrogens (primary N) is 1. The van der Waals surface area contributed by atoms with Gasteiger partial charge in [-0.15, -0.1) is 0 Å². The minimum atomic E-state index is -0.529. The third-order valence-corrected chi connectivity index (χ3v) is 2.49. The van der Waals surface area contributed by atoms with Crippen LogP contribution in [0.2, 0.25) is 5.02 Å². The van der Waals surface area contributed by atoms with Gasteiger partial charge in [0.2, 0.25) is 0 Å². The first kappa shape index (κ1) is 12.6. The standard InChI is InChI=1S/C12H11ClFN3O/c1-7-4-11(15)17-12(16-7)6-18-8-2-3-9(13)10(14)5-8/h2-5H,6H2,1H3,(H2,15,16,17). The van der Waals surface area contributed by atoms with Gasteiger partial charge in [-0.2, -0.15) is 0 Å². The molecule has 0 atom stereocenters. The van der Waals surface area contributed by atoms with Gasteiger partial charge in [-0.25, -0.2) is 14.4 Å². The van der Waals surface area contributed by atoms with Crippen LogP contribution in [0.25, 0.3) is 0 Å². The Kier molecular flexibility index (Phi) is 3.62. The van der Waals surface area contributed by atoms with E-state index in [9.17, 15) is 4.39 Å². The van der Waals surface area contributed by atoms with E-state index in [-0.39, 0.29) is 11.6 Å². The molecule has 1 heterocycles. The van der Waals surface area contributed by atoms with Gasteiger partial charge >= 0.3 is 0 Å². The molecule has 0 aliphatic carbocycles. The van der Waals surface area contributed by atoms with E-state index in [4.69, 9.17) is 22.1 Å². The van der Waals surface area contributed by atoms with Crippen LogP contribution in [0.5, 0.6) is 5.75 Å². The molecule has 1 aromatic heterocycles. The monoisotopic (exact) mass is 267 g/mol. The fourth-order valence-corrected chi connectivity index (χ4v) is 1.55. The van der Waals surface area contributed by atoms with E-state index >= 15 is 0 Å². The fraction of sp³-hybridized carbons (Fsp3) is 0.167. The number of nitrogens with zero attached hydrogens (tertiary/aromatic N) is 2. The number of aromatic nitrogens is 2. The number of halogens is 2. The molecule has 0 saturated heterocycles. The molecule has 2 N–H and O–H groups in total. The first-order valence-corrected chi connectivity index (χ1v) is 5.60. The average molecular weight is 268 g/mol. The highest BCUT2D eigenvalue weighted by Crippen LogP contribution is 2.20. The highest BCUT2D eigenvalue weighted by atomic mass is 35.5. The molecule has 0 aliphatic rings. The van der Waals surface area contributed by atoms with Gasteiger partial charge in [0.25, 0.3) is 0 Å². The van der Waals surface area contributed by atoms with Crippen molar-refractivity contribution in [2.24, 2.45) is 0 Å². The van der Waals surface area contributed by atoms with Crippen LogP contribution < -0.4 is 10.5 Å². The number of rotatable bonds is 3. The lowest BCUT2D eigenvalue weighted by molar-refractivity contribution is 0.294. The van der Waals surface area contributed by atoms with Crippen LogP contribution in [-0.2, 0) is 6.61 Å². The summed E-state index contributed by atoms with van der Waals surface area (Å²) in [6.45, 7) is 1.93. The molecule has 4 nitrogen and oxygen atoms in total.